The van der Waals surface area contributed by atoms with Gasteiger partial charge < -0.3 is 15.2 Å². The summed E-state index contributed by atoms with van der Waals surface area (Å²) < 4.78 is 5.25. The third-order valence-electron chi connectivity index (χ3n) is 3.07. The molecule has 0 spiro atoms. The number of nitrogens with zero attached hydrogens (tertiary/aromatic N) is 1. The molecule has 0 aromatic heterocycles. The van der Waals surface area contributed by atoms with Gasteiger partial charge in [0.15, 0.2) is 0 Å². The van der Waals surface area contributed by atoms with Gasteiger partial charge in [-0.05, 0) is 19.8 Å². The Kier molecular flexibility index (Phi) is 6.61. The maximum Gasteiger partial charge on any atom is 0.327 e. The standard InChI is InChI=1S/C13H24N2O4S/c1-5-19-6-9(4)14-13(18)15-10(12(16)17)7-20-11(15)8(2)3/h8-11H,5-7H2,1-4H3,(H,14,18)(H,16,17). The van der Waals surface area contributed by atoms with E-state index >= 15 is 0 Å². The largest absolute Gasteiger partial charge is 0.480 e. The molecular formula is C13H24N2O4S. The predicted octanol–water partition coefficient (Wildman–Crippen LogP) is 1.61. The van der Waals surface area contributed by atoms with Crippen LogP contribution < -0.4 is 5.32 Å². The Morgan fingerprint density at radius 3 is 2.60 bits per heavy atom. The maximum absolute atomic E-state index is 12.3. The van der Waals surface area contributed by atoms with E-state index in [0.717, 1.165) is 0 Å². The number of carbonyl (C=O) groups is 2. The second kappa shape index (κ2) is 7.73. The average Bonchev–Trinajstić information content (AvgIpc) is 2.81. The number of thioether (sulfide) groups is 1. The number of nitrogens with one attached hydrogen (secondary N) is 1. The molecule has 0 aliphatic carbocycles. The van der Waals surface area contributed by atoms with Crippen LogP contribution in [0.1, 0.15) is 27.7 Å². The number of urea groups is 1. The Morgan fingerprint density at radius 1 is 1.45 bits per heavy atom. The zero-order valence-corrected chi connectivity index (χ0v) is 13.3. The predicted molar refractivity (Wildman–Crippen MR) is 78.8 cm³/mol. The molecular weight excluding hydrogens is 280 g/mol. The van der Waals surface area contributed by atoms with E-state index in [0.29, 0.717) is 19.0 Å². The lowest BCUT2D eigenvalue weighted by atomic mass is 10.1. The van der Waals surface area contributed by atoms with Gasteiger partial charge >= 0.3 is 12.0 Å². The van der Waals surface area contributed by atoms with Crippen LogP contribution in [0.4, 0.5) is 4.79 Å². The fourth-order valence-corrected chi connectivity index (χ4v) is 3.58. The first kappa shape index (κ1) is 17.1. The van der Waals surface area contributed by atoms with Crippen molar-refractivity contribution in [1.82, 2.24) is 10.2 Å². The van der Waals surface area contributed by atoms with E-state index in [1.54, 1.807) is 0 Å². The molecule has 3 unspecified atom stereocenters. The minimum Gasteiger partial charge on any atom is -0.480 e. The smallest absolute Gasteiger partial charge is 0.327 e. The van der Waals surface area contributed by atoms with Gasteiger partial charge in [-0.15, -0.1) is 11.8 Å². The number of carboxylic acids is 1. The number of carboxylic acid groups (broad SMARTS) is 1. The molecule has 1 rings (SSSR count). The van der Waals surface area contributed by atoms with Crippen LogP contribution in [-0.2, 0) is 9.53 Å². The molecule has 0 radical (unpaired) electrons. The molecule has 2 amide bonds. The lowest BCUT2D eigenvalue weighted by molar-refractivity contribution is -0.141. The van der Waals surface area contributed by atoms with E-state index in [9.17, 15) is 14.7 Å². The number of rotatable bonds is 6. The molecule has 7 heteroatoms. The topological polar surface area (TPSA) is 78.9 Å². The van der Waals surface area contributed by atoms with Gasteiger partial charge in [-0.25, -0.2) is 9.59 Å². The lowest BCUT2D eigenvalue weighted by Crippen LogP contribution is -2.53. The summed E-state index contributed by atoms with van der Waals surface area (Å²) in [6.07, 6.45) is 0. The first-order valence-corrected chi connectivity index (χ1v) is 7.94. The first-order chi connectivity index (χ1) is 9.38. The Bertz CT molecular complexity index is 351. The minimum atomic E-state index is -0.951. The highest BCUT2D eigenvalue weighted by atomic mass is 32.2. The van der Waals surface area contributed by atoms with Crippen molar-refractivity contribution in [1.29, 1.82) is 0 Å². The monoisotopic (exact) mass is 304 g/mol. The molecule has 2 N–H and O–H groups in total. The van der Waals surface area contributed by atoms with Crippen molar-refractivity contribution in [3.05, 3.63) is 0 Å². The average molecular weight is 304 g/mol. The van der Waals surface area contributed by atoms with Crippen LogP contribution in [0.15, 0.2) is 0 Å². The molecule has 1 heterocycles. The van der Waals surface area contributed by atoms with Crippen molar-refractivity contribution in [3.63, 3.8) is 0 Å². The highest BCUT2D eigenvalue weighted by Crippen LogP contribution is 2.34. The molecule has 1 aliphatic rings. The molecule has 3 atom stereocenters. The lowest BCUT2D eigenvalue weighted by Gasteiger charge is -2.31. The summed E-state index contributed by atoms with van der Waals surface area (Å²) in [5.74, 6) is -0.309. The Morgan fingerprint density at radius 2 is 2.10 bits per heavy atom. The van der Waals surface area contributed by atoms with Gasteiger partial charge in [-0.2, -0.15) is 0 Å². The van der Waals surface area contributed by atoms with E-state index in [4.69, 9.17) is 4.74 Å². The molecule has 20 heavy (non-hydrogen) atoms. The number of amides is 2. The summed E-state index contributed by atoms with van der Waals surface area (Å²) in [7, 11) is 0. The minimum absolute atomic E-state index is 0.101. The molecule has 116 valence electrons. The molecule has 1 aliphatic heterocycles. The van der Waals surface area contributed by atoms with E-state index < -0.39 is 12.0 Å². The summed E-state index contributed by atoms with van der Waals surface area (Å²) in [5.41, 5.74) is 0. The van der Waals surface area contributed by atoms with E-state index in [-0.39, 0.29) is 23.4 Å². The van der Waals surface area contributed by atoms with Gasteiger partial charge in [-0.1, -0.05) is 13.8 Å². The number of ether oxygens (including phenoxy) is 1. The third-order valence-corrected chi connectivity index (χ3v) is 4.69. The summed E-state index contributed by atoms with van der Waals surface area (Å²) in [6.45, 7) is 8.73. The normalized spacial score (nSPS) is 23.9. The van der Waals surface area contributed by atoms with Crippen LogP contribution in [0.25, 0.3) is 0 Å². The van der Waals surface area contributed by atoms with Crippen molar-refractivity contribution in [2.75, 3.05) is 19.0 Å². The summed E-state index contributed by atoms with van der Waals surface area (Å²) >= 11 is 1.52. The van der Waals surface area contributed by atoms with Crippen LogP contribution in [0, 0.1) is 5.92 Å². The fourth-order valence-electron chi connectivity index (χ4n) is 2.11. The SMILES string of the molecule is CCOCC(C)NC(=O)N1C(C(=O)O)CSC1C(C)C. The van der Waals surface area contributed by atoms with Crippen LogP contribution in [-0.4, -0.2) is 58.4 Å². The number of hydrogen-bond donors (Lipinski definition) is 2. The van der Waals surface area contributed by atoms with Gasteiger partial charge in [0.25, 0.3) is 0 Å². The third kappa shape index (κ3) is 4.28. The van der Waals surface area contributed by atoms with Gasteiger partial charge in [0.05, 0.1) is 18.0 Å². The Labute approximate surface area is 124 Å². The van der Waals surface area contributed by atoms with Crippen molar-refractivity contribution in [3.8, 4) is 0 Å². The maximum atomic E-state index is 12.3. The first-order valence-electron chi connectivity index (χ1n) is 6.89. The van der Waals surface area contributed by atoms with E-state index in [1.165, 1.54) is 16.7 Å². The number of hydrogen-bond acceptors (Lipinski definition) is 4. The highest BCUT2D eigenvalue weighted by Gasteiger charge is 2.43. The van der Waals surface area contributed by atoms with Crippen LogP contribution in [0.3, 0.4) is 0 Å². The molecule has 1 fully saturated rings. The second-order valence-corrected chi connectivity index (χ2v) is 6.39. The van der Waals surface area contributed by atoms with E-state index in [1.807, 2.05) is 27.7 Å². The molecule has 0 aromatic rings. The molecule has 0 aromatic carbocycles. The highest BCUT2D eigenvalue weighted by molar-refractivity contribution is 8.00. The Hall–Kier alpha value is -0.950. The fraction of sp³-hybridized carbons (Fsp3) is 0.846. The molecule has 1 saturated heterocycles. The van der Waals surface area contributed by atoms with Crippen LogP contribution in [0.2, 0.25) is 0 Å². The number of carbonyl (C=O) groups excluding carboxylic acids is 1. The molecule has 0 bridgehead atoms. The summed E-state index contributed by atoms with van der Waals surface area (Å²) in [4.78, 5) is 25.1. The Balaban J connectivity index is 2.71. The summed E-state index contributed by atoms with van der Waals surface area (Å²) in [6, 6.07) is -1.23. The van der Waals surface area contributed by atoms with Gasteiger partial charge in [0.1, 0.15) is 6.04 Å². The number of aliphatic carboxylic acids is 1. The van der Waals surface area contributed by atoms with Gasteiger partial charge in [0, 0.05) is 12.4 Å². The molecule has 6 nitrogen and oxygen atoms in total. The van der Waals surface area contributed by atoms with Crippen LogP contribution >= 0.6 is 11.8 Å². The van der Waals surface area contributed by atoms with Crippen LogP contribution in [0.5, 0.6) is 0 Å². The van der Waals surface area contributed by atoms with Gasteiger partial charge in [0.2, 0.25) is 0 Å². The van der Waals surface area contributed by atoms with Crippen molar-refractivity contribution < 1.29 is 19.4 Å². The van der Waals surface area contributed by atoms with Crippen molar-refractivity contribution in [2.45, 2.75) is 45.2 Å². The van der Waals surface area contributed by atoms with Crippen molar-refractivity contribution in [2.24, 2.45) is 5.92 Å². The second-order valence-electron chi connectivity index (χ2n) is 5.24. The van der Waals surface area contributed by atoms with Crippen molar-refractivity contribution >= 4 is 23.8 Å². The summed E-state index contributed by atoms with van der Waals surface area (Å²) in [5, 5.41) is 12.0. The quantitative estimate of drug-likeness (QED) is 0.779. The molecule has 0 saturated carbocycles. The van der Waals surface area contributed by atoms with E-state index in [2.05, 4.69) is 5.32 Å². The van der Waals surface area contributed by atoms with Gasteiger partial charge in [-0.3, -0.25) is 4.90 Å². The zero-order valence-electron chi connectivity index (χ0n) is 12.5. The zero-order chi connectivity index (χ0) is 15.3.